The first-order valence-electron chi connectivity index (χ1n) is 8.10. The second-order valence-corrected chi connectivity index (χ2v) is 6.50. The first kappa shape index (κ1) is 15.0. The molecule has 0 fully saturated rings. The van der Waals surface area contributed by atoms with Crippen molar-refractivity contribution in [2.45, 2.75) is 33.1 Å². The molecule has 0 aromatic heterocycles. The summed E-state index contributed by atoms with van der Waals surface area (Å²) in [5, 5.41) is 0. The Morgan fingerprint density at radius 2 is 1.77 bits per heavy atom. The Kier molecular flexibility index (Phi) is 4.10. The number of carbonyl (C=O) groups excluding carboxylic acids is 2. The molecule has 114 valence electrons. The van der Waals surface area contributed by atoms with Crippen LogP contribution in [0.25, 0.3) is 0 Å². The zero-order valence-electron chi connectivity index (χ0n) is 13.2. The molecule has 0 N–H and O–H groups in total. The molecule has 0 heterocycles. The molecule has 2 heteroatoms. The summed E-state index contributed by atoms with van der Waals surface area (Å²) in [6, 6.07) is 7.27. The lowest BCUT2D eigenvalue weighted by atomic mass is 9.67. The molecule has 0 aliphatic heterocycles. The quantitative estimate of drug-likeness (QED) is 0.762. The van der Waals surface area contributed by atoms with E-state index in [1.807, 2.05) is 19.1 Å². The molecule has 2 nitrogen and oxygen atoms in total. The van der Waals surface area contributed by atoms with Gasteiger partial charge in [0.15, 0.2) is 11.6 Å². The number of ketones is 2. The molecule has 0 radical (unpaired) electrons. The van der Waals surface area contributed by atoms with E-state index < -0.39 is 0 Å². The van der Waals surface area contributed by atoms with Gasteiger partial charge in [-0.3, -0.25) is 9.59 Å². The van der Waals surface area contributed by atoms with Crippen LogP contribution < -0.4 is 0 Å². The number of rotatable bonds is 3. The molecule has 0 amide bonds. The van der Waals surface area contributed by atoms with Gasteiger partial charge in [0.25, 0.3) is 0 Å². The Labute approximate surface area is 131 Å². The fourth-order valence-electron chi connectivity index (χ4n) is 3.82. The van der Waals surface area contributed by atoms with Crippen molar-refractivity contribution in [3.05, 3.63) is 59.2 Å². The number of carbonyl (C=O) groups is 2. The highest BCUT2D eigenvalue weighted by atomic mass is 16.1. The number of Topliss-reactive ketones (excluding diaryl/α,β-unsaturated/α-hetero) is 2. The van der Waals surface area contributed by atoms with Crippen molar-refractivity contribution in [1.29, 1.82) is 0 Å². The Morgan fingerprint density at radius 1 is 1.14 bits per heavy atom. The molecule has 0 spiro atoms. The highest BCUT2D eigenvalue weighted by molar-refractivity contribution is 6.16. The molecule has 0 saturated heterocycles. The van der Waals surface area contributed by atoms with Gasteiger partial charge in [0, 0.05) is 23.0 Å². The standard InChI is InChI=1S/C20H22O2/c1-3-6-13(2)11-14-9-10-17-18(12-14)20(22)16-8-5-4-7-15(16)19(17)21/h3-9,13,17-18H,10-12H2,1-2H3/b6-3+. The number of fused-ring (bicyclic) bond motifs is 2. The van der Waals surface area contributed by atoms with Crippen LogP contribution in [0.2, 0.25) is 0 Å². The summed E-state index contributed by atoms with van der Waals surface area (Å²) in [5.41, 5.74) is 2.57. The summed E-state index contributed by atoms with van der Waals surface area (Å²) in [4.78, 5) is 25.4. The Morgan fingerprint density at radius 3 is 2.41 bits per heavy atom. The molecule has 3 rings (SSSR count). The van der Waals surface area contributed by atoms with Crippen LogP contribution in [0.1, 0.15) is 53.8 Å². The predicted octanol–water partition coefficient (Wildman–Crippen LogP) is 4.62. The first-order valence-corrected chi connectivity index (χ1v) is 8.10. The monoisotopic (exact) mass is 294 g/mol. The lowest BCUT2D eigenvalue weighted by Crippen LogP contribution is -2.38. The fourth-order valence-corrected chi connectivity index (χ4v) is 3.82. The topological polar surface area (TPSA) is 34.1 Å². The Hall–Kier alpha value is -1.96. The van der Waals surface area contributed by atoms with Crippen LogP contribution in [-0.4, -0.2) is 11.6 Å². The summed E-state index contributed by atoms with van der Waals surface area (Å²) in [5.74, 6) is 0.486. The minimum atomic E-state index is -0.153. The molecular formula is C20H22O2. The van der Waals surface area contributed by atoms with Crippen molar-refractivity contribution in [3.8, 4) is 0 Å². The average Bonchev–Trinajstić information content (AvgIpc) is 2.53. The summed E-state index contributed by atoms with van der Waals surface area (Å²) < 4.78 is 0. The molecule has 2 aliphatic rings. The fraction of sp³-hybridized carbons (Fsp3) is 0.400. The molecule has 0 saturated carbocycles. The van der Waals surface area contributed by atoms with Crippen molar-refractivity contribution in [3.63, 3.8) is 0 Å². The molecule has 2 aliphatic carbocycles. The molecule has 1 aromatic rings. The van der Waals surface area contributed by atoms with Gasteiger partial charge >= 0.3 is 0 Å². The van der Waals surface area contributed by atoms with Gasteiger partial charge in [-0.1, -0.05) is 55.0 Å². The first-order chi connectivity index (χ1) is 10.6. The van der Waals surface area contributed by atoms with Crippen molar-refractivity contribution >= 4 is 11.6 Å². The molecular weight excluding hydrogens is 272 g/mol. The molecule has 3 atom stereocenters. The molecule has 3 unspecified atom stereocenters. The third-order valence-corrected chi connectivity index (χ3v) is 4.86. The minimum Gasteiger partial charge on any atom is -0.294 e. The zero-order valence-corrected chi connectivity index (χ0v) is 13.2. The normalized spacial score (nSPS) is 25.6. The van der Waals surface area contributed by atoms with Gasteiger partial charge < -0.3 is 0 Å². The number of benzene rings is 1. The lowest BCUT2D eigenvalue weighted by molar-refractivity contribution is 0.0724. The van der Waals surface area contributed by atoms with Gasteiger partial charge in [-0.15, -0.1) is 0 Å². The second-order valence-electron chi connectivity index (χ2n) is 6.50. The Bertz CT molecular complexity index is 666. The maximum Gasteiger partial charge on any atom is 0.167 e. The summed E-state index contributed by atoms with van der Waals surface area (Å²) in [7, 11) is 0. The van der Waals surface area contributed by atoms with E-state index in [-0.39, 0.29) is 23.4 Å². The largest absolute Gasteiger partial charge is 0.294 e. The number of hydrogen-bond donors (Lipinski definition) is 0. The minimum absolute atomic E-state index is 0.150. The van der Waals surface area contributed by atoms with E-state index in [1.165, 1.54) is 5.57 Å². The van der Waals surface area contributed by atoms with E-state index in [4.69, 9.17) is 0 Å². The van der Waals surface area contributed by atoms with Crippen LogP contribution in [0.15, 0.2) is 48.1 Å². The van der Waals surface area contributed by atoms with E-state index in [0.717, 1.165) is 12.8 Å². The van der Waals surface area contributed by atoms with Crippen molar-refractivity contribution in [1.82, 2.24) is 0 Å². The van der Waals surface area contributed by atoms with Crippen LogP contribution >= 0.6 is 0 Å². The molecule has 0 bridgehead atoms. The molecule has 1 aromatic carbocycles. The second kappa shape index (κ2) is 6.04. The van der Waals surface area contributed by atoms with E-state index in [2.05, 4.69) is 25.2 Å². The van der Waals surface area contributed by atoms with E-state index >= 15 is 0 Å². The summed E-state index contributed by atoms with van der Waals surface area (Å²) in [6.07, 6.45) is 8.89. The SMILES string of the molecule is C/C=C/C(C)CC1=CCC2C(=O)c3ccccc3C(=O)C2C1. The van der Waals surface area contributed by atoms with Gasteiger partial charge in [0.2, 0.25) is 0 Å². The highest BCUT2D eigenvalue weighted by Crippen LogP contribution is 2.40. The van der Waals surface area contributed by atoms with E-state index in [0.29, 0.717) is 23.5 Å². The maximum atomic E-state index is 12.8. The van der Waals surface area contributed by atoms with Crippen LogP contribution in [0.4, 0.5) is 0 Å². The smallest absolute Gasteiger partial charge is 0.167 e. The van der Waals surface area contributed by atoms with Crippen LogP contribution in [0.5, 0.6) is 0 Å². The maximum absolute atomic E-state index is 12.8. The van der Waals surface area contributed by atoms with Gasteiger partial charge in [-0.05, 0) is 32.1 Å². The number of allylic oxidation sites excluding steroid dienone is 4. The third-order valence-electron chi connectivity index (χ3n) is 4.86. The average molecular weight is 294 g/mol. The number of hydrogen-bond acceptors (Lipinski definition) is 2. The zero-order chi connectivity index (χ0) is 15.7. The van der Waals surface area contributed by atoms with Gasteiger partial charge in [-0.25, -0.2) is 0 Å². The van der Waals surface area contributed by atoms with Crippen LogP contribution in [0, 0.1) is 17.8 Å². The van der Waals surface area contributed by atoms with Crippen LogP contribution in [-0.2, 0) is 0 Å². The third kappa shape index (κ3) is 2.58. The summed E-state index contributed by atoms with van der Waals surface area (Å²) in [6.45, 7) is 4.22. The molecule has 22 heavy (non-hydrogen) atoms. The van der Waals surface area contributed by atoms with Crippen molar-refractivity contribution < 1.29 is 9.59 Å². The lowest BCUT2D eigenvalue weighted by Gasteiger charge is -2.34. The van der Waals surface area contributed by atoms with Crippen molar-refractivity contribution in [2.24, 2.45) is 17.8 Å². The van der Waals surface area contributed by atoms with E-state index in [1.54, 1.807) is 12.1 Å². The predicted molar refractivity (Wildman–Crippen MR) is 88.0 cm³/mol. The highest BCUT2D eigenvalue weighted by Gasteiger charge is 2.42. The van der Waals surface area contributed by atoms with Gasteiger partial charge in [0.1, 0.15) is 0 Å². The van der Waals surface area contributed by atoms with E-state index in [9.17, 15) is 9.59 Å². The van der Waals surface area contributed by atoms with Crippen molar-refractivity contribution in [2.75, 3.05) is 0 Å². The van der Waals surface area contributed by atoms with Crippen LogP contribution in [0.3, 0.4) is 0 Å². The van der Waals surface area contributed by atoms with Gasteiger partial charge in [0.05, 0.1) is 0 Å². The van der Waals surface area contributed by atoms with Gasteiger partial charge in [-0.2, -0.15) is 0 Å². The summed E-state index contributed by atoms with van der Waals surface area (Å²) >= 11 is 0. The Balaban J connectivity index is 1.85.